The number of allylic oxidation sites excluding steroid dienone is 1. The highest BCUT2D eigenvalue weighted by atomic mass is 32.2. The van der Waals surface area contributed by atoms with Crippen LogP contribution in [0.5, 0.6) is 5.75 Å². The molecule has 1 aromatic heterocycles. The minimum absolute atomic E-state index is 0.0121. The van der Waals surface area contributed by atoms with Gasteiger partial charge in [-0.15, -0.1) is 0 Å². The first-order valence-corrected chi connectivity index (χ1v) is 12.9. The molecule has 0 spiro atoms. The van der Waals surface area contributed by atoms with E-state index in [0.717, 1.165) is 11.3 Å². The van der Waals surface area contributed by atoms with Crippen molar-refractivity contribution in [3.8, 4) is 23.1 Å². The van der Waals surface area contributed by atoms with Crippen molar-refractivity contribution in [2.75, 3.05) is 19.5 Å². The lowest BCUT2D eigenvalue weighted by molar-refractivity contribution is -0.138. The molecule has 2 aromatic carbocycles. The number of pyridine rings is 1. The second-order valence-corrected chi connectivity index (χ2v) is 9.51. The molecule has 0 saturated carbocycles. The number of ether oxygens (including phenoxy) is 2. The molecule has 3 aromatic rings. The minimum atomic E-state index is -0.807. The Kier molecular flexibility index (Phi) is 6.90. The van der Waals surface area contributed by atoms with E-state index in [4.69, 9.17) is 20.2 Å². The van der Waals surface area contributed by atoms with Gasteiger partial charge in [0.15, 0.2) is 0 Å². The van der Waals surface area contributed by atoms with E-state index >= 15 is 0 Å². The third-order valence-electron chi connectivity index (χ3n) is 6.45. The Morgan fingerprint density at radius 3 is 2.55 bits per heavy atom. The SMILES string of the molecule is CCOC(=O)C1=C2CSc3nc(-c4ccccc4)ccc3C(=O)N2C(N)=C(C#N)C1c1ccc(OC)cc1. The van der Waals surface area contributed by atoms with Crippen molar-refractivity contribution < 1.29 is 19.1 Å². The summed E-state index contributed by atoms with van der Waals surface area (Å²) < 4.78 is 10.7. The van der Waals surface area contributed by atoms with E-state index in [1.54, 1.807) is 50.4 Å². The summed E-state index contributed by atoms with van der Waals surface area (Å²) in [7, 11) is 1.56. The second-order valence-electron chi connectivity index (χ2n) is 8.54. The molecule has 0 saturated heterocycles. The predicted molar refractivity (Wildman–Crippen MR) is 143 cm³/mol. The fraction of sp³-hybridized carbons (Fsp3) is 0.172. The zero-order valence-electron chi connectivity index (χ0n) is 20.8. The summed E-state index contributed by atoms with van der Waals surface area (Å²) in [5.41, 5.74) is 9.85. The summed E-state index contributed by atoms with van der Waals surface area (Å²) in [6, 6.07) is 22.4. The summed E-state index contributed by atoms with van der Waals surface area (Å²) in [5.74, 6) is -1.02. The third kappa shape index (κ3) is 4.29. The summed E-state index contributed by atoms with van der Waals surface area (Å²) in [6.07, 6.45) is 0. The van der Waals surface area contributed by atoms with Crippen molar-refractivity contribution >= 4 is 23.6 Å². The highest BCUT2D eigenvalue weighted by molar-refractivity contribution is 7.99. The quantitative estimate of drug-likeness (QED) is 0.481. The molecule has 190 valence electrons. The number of hydrogen-bond acceptors (Lipinski definition) is 8. The van der Waals surface area contributed by atoms with E-state index in [2.05, 4.69) is 6.07 Å². The maximum atomic E-state index is 13.9. The lowest BCUT2D eigenvalue weighted by Crippen LogP contribution is -2.41. The molecule has 0 fully saturated rings. The highest BCUT2D eigenvalue weighted by Gasteiger charge is 2.43. The van der Waals surface area contributed by atoms with Gasteiger partial charge < -0.3 is 15.2 Å². The number of rotatable bonds is 5. The van der Waals surface area contributed by atoms with Gasteiger partial charge in [0.25, 0.3) is 5.91 Å². The topological polar surface area (TPSA) is 119 Å². The molecule has 8 nitrogen and oxygen atoms in total. The summed E-state index contributed by atoms with van der Waals surface area (Å²) in [5, 5.41) is 10.7. The molecule has 0 aliphatic carbocycles. The number of thioether (sulfide) groups is 1. The van der Waals surface area contributed by atoms with E-state index < -0.39 is 17.8 Å². The normalized spacial score (nSPS) is 16.8. The smallest absolute Gasteiger partial charge is 0.336 e. The molecule has 2 N–H and O–H groups in total. The maximum Gasteiger partial charge on any atom is 0.336 e. The Hall–Kier alpha value is -4.55. The maximum absolute atomic E-state index is 13.9. The van der Waals surface area contributed by atoms with Gasteiger partial charge in [-0.1, -0.05) is 54.2 Å². The number of carbonyl (C=O) groups is 2. The number of nitrogens with zero attached hydrogens (tertiary/aromatic N) is 3. The predicted octanol–water partition coefficient (Wildman–Crippen LogP) is 4.61. The molecule has 5 rings (SSSR count). The van der Waals surface area contributed by atoms with Crippen LogP contribution in [0.15, 0.2) is 94.4 Å². The Balaban J connectivity index is 1.68. The molecule has 0 bridgehead atoms. The van der Waals surface area contributed by atoms with Crippen molar-refractivity contribution in [1.29, 1.82) is 5.26 Å². The fourth-order valence-electron chi connectivity index (χ4n) is 4.66. The largest absolute Gasteiger partial charge is 0.497 e. The lowest BCUT2D eigenvalue weighted by atomic mass is 9.81. The summed E-state index contributed by atoms with van der Waals surface area (Å²) >= 11 is 1.34. The van der Waals surface area contributed by atoms with Gasteiger partial charge in [-0.25, -0.2) is 9.78 Å². The first-order chi connectivity index (χ1) is 18.5. The van der Waals surface area contributed by atoms with Gasteiger partial charge in [0.1, 0.15) is 16.6 Å². The molecule has 2 aliphatic heterocycles. The van der Waals surface area contributed by atoms with Crippen LogP contribution in [0.3, 0.4) is 0 Å². The van der Waals surface area contributed by atoms with Gasteiger partial charge in [0, 0.05) is 17.0 Å². The number of nitriles is 1. The van der Waals surface area contributed by atoms with Crippen molar-refractivity contribution in [3.63, 3.8) is 0 Å². The number of nitrogens with two attached hydrogens (primary N) is 1. The van der Waals surface area contributed by atoms with Crippen molar-refractivity contribution in [2.45, 2.75) is 17.9 Å². The van der Waals surface area contributed by atoms with Crippen LogP contribution in [-0.2, 0) is 9.53 Å². The third-order valence-corrected chi connectivity index (χ3v) is 7.45. The van der Waals surface area contributed by atoms with Crippen LogP contribution in [0.25, 0.3) is 11.3 Å². The number of esters is 1. The van der Waals surface area contributed by atoms with Crippen molar-refractivity contribution in [3.05, 3.63) is 101 Å². The van der Waals surface area contributed by atoms with Crippen LogP contribution in [-0.4, -0.2) is 41.2 Å². The number of methoxy groups -OCH3 is 1. The van der Waals surface area contributed by atoms with Crippen LogP contribution >= 0.6 is 11.8 Å². The van der Waals surface area contributed by atoms with Crippen LogP contribution in [0.4, 0.5) is 0 Å². The van der Waals surface area contributed by atoms with E-state index in [0.29, 0.717) is 27.6 Å². The average Bonchev–Trinajstić information content (AvgIpc) is 3.09. The van der Waals surface area contributed by atoms with Crippen LogP contribution in [0.1, 0.15) is 28.8 Å². The van der Waals surface area contributed by atoms with Crippen molar-refractivity contribution in [2.24, 2.45) is 5.73 Å². The Morgan fingerprint density at radius 2 is 1.89 bits per heavy atom. The van der Waals surface area contributed by atoms with Crippen LogP contribution < -0.4 is 10.5 Å². The molecule has 38 heavy (non-hydrogen) atoms. The van der Waals surface area contributed by atoms with Crippen molar-refractivity contribution in [1.82, 2.24) is 9.88 Å². The zero-order valence-corrected chi connectivity index (χ0v) is 21.6. The second kappa shape index (κ2) is 10.4. The Labute approximate surface area is 224 Å². The summed E-state index contributed by atoms with van der Waals surface area (Å²) in [4.78, 5) is 33.3. The van der Waals surface area contributed by atoms with Gasteiger partial charge >= 0.3 is 5.97 Å². The zero-order chi connectivity index (χ0) is 26.8. The fourth-order valence-corrected chi connectivity index (χ4v) is 5.69. The monoisotopic (exact) mass is 524 g/mol. The minimum Gasteiger partial charge on any atom is -0.497 e. The number of benzene rings is 2. The number of hydrogen-bond donors (Lipinski definition) is 1. The van der Waals surface area contributed by atoms with E-state index in [1.807, 2.05) is 30.3 Å². The Bertz CT molecular complexity index is 1520. The number of fused-ring (bicyclic) bond motifs is 2. The molecule has 3 heterocycles. The molecule has 9 heteroatoms. The average molecular weight is 525 g/mol. The first kappa shape index (κ1) is 25.1. The van der Waals surface area contributed by atoms with E-state index in [-0.39, 0.29) is 29.3 Å². The van der Waals surface area contributed by atoms with Crippen LogP contribution in [0, 0.1) is 11.3 Å². The highest BCUT2D eigenvalue weighted by Crippen LogP contribution is 2.45. The van der Waals surface area contributed by atoms with Crippen LogP contribution in [0.2, 0.25) is 0 Å². The van der Waals surface area contributed by atoms with Gasteiger partial charge in [-0.05, 0) is 36.8 Å². The first-order valence-electron chi connectivity index (χ1n) is 12.0. The molecule has 1 amide bonds. The molecule has 2 aliphatic rings. The Morgan fingerprint density at radius 1 is 1.16 bits per heavy atom. The number of amides is 1. The molecule has 1 atom stereocenters. The molecule has 1 unspecified atom stereocenters. The summed E-state index contributed by atoms with van der Waals surface area (Å²) in [6.45, 7) is 1.84. The lowest BCUT2D eigenvalue weighted by Gasteiger charge is -2.35. The van der Waals surface area contributed by atoms with E-state index in [9.17, 15) is 14.9 Å². The molecule has 0 radical (unpaired) electrons. The standard InChI is InChI=1S/C29H24N4O4S/c1-3-37-29(35)25-23-16-38-27-20(13-14-22(32-27)17-7-5-4-6-8-17)28(34)33(23)26(31)21(15-30)24(25)18-9-11-19(36-2)12-10-18/h4-14,24H,3,16,31H2,1-2H3. The van der Waals surface area contributed by atoms with E-state index in [1.165, 1.54) is 16.7 Å². The number of carbonyl (C=O) groups excluding carboxylic acids is 2. The van der Waals surface area contributed by atoms with Gasteiger partial charge in [0.2, 0.25) is 0 Å². The number of aromatic nitrogens is 1. The van der Waals surface area contributed by atoms with Gasteiger partial charge in [-0.3, -0.25) is 9.69 Å². The molecular weight excluding hydrogens is 500 g/mol. The van der Waals surface area contributed by atoms with Gasteiger partial charge in [0.05, 0.1) is 48.1 Å². The van der Waals surface area contributed by atoms with Gasteiger partial charge in [-0.2, -0.15) is 5.26 Å². The molecular formula is C29H24N4O4S.